The van der Waals surface area contributed by atoms with Crippen molar-refractivity contribution in [1.29, 1.82) is 0 Å². The molecule has 2 heterocycles. The van der Waals surface area contributed by atoms with Gasteiger partial charge in [0.25, 0.3) is 0 Å². The number of aromatic nitrogens is 3. The van der Waals surface area contributed by atoms with E-state index in [9.17, 15) is 0 Å². The molecule has 104 valence electrons. The number of nitrogens with zero attached hydrogens (tertiary/aromatic N) is 3. The van der Waals surface area contributed by atoms with Crippen LogP contribution in [-0.2, 0) is 0 Å². The van der Waals surface area contributed by atoms with Gasteiger partial charge >= 0.3 is 0 Å². The van der Waals surface area contributed by atoms with Gasteiger partial charge in [-0.3, -0.25) is 4.98 Å². The van der Waals surface area contributed by atoms with Crippen molar-refractivity contribution in [3.63, 3.8) is 0 Å². The van der Waals surface area contributed by atoms with E-state index in [2.05, 4.69) is 41.3 Å². The van der Waals surface area contributed by atoms with Crippen LogP contribution in [0.25, 0.3) is 11.5 Å². The van der Waals surface area contributed by atoms with Gasteiger partial charge < -0.3 is 5.32 Å². The third kappa shape index (κ3) is 2.79. The van der Waals surface area contributed by atoms with Gasteiger partial charge in [-0.05, 0) is 37.8 Å². The number of rotatable bonds is 5. The lowest BCUT2D eigenvalue weighted by Crippen LogP contribution is -2.06. The molecule has 1 fully saturated rings. The molecule has 0 aromatic carbocycles. The first kappa shape index (κ1) is 13.0. The summed E-state index contributed by atoms with van der Waals surface area (Å²) in [5.41, 5.74) is 3.15. The van der Waals surface area contributed by atoms with Crippen molar-refractivity contribution in [1.82, 2.24) is 15.0 Å². The molecule has 4 nitrogen and oxygen atoms in total. The van der Waals surface area contributed by atoms with Crippen LogP contribution in [0, 0.1) is 6.92 Å². The molecule has 2 aromatic rings. The van der Waals surface area contributed by atoms with Gasteiger partial charge in [-0.25, -0.2) is 9.97 Å². The summed E-state index contributed by atoms with van der Waals surface area (Å²) in [6, 6.07) is 6.09. The Hall–Kier alpha value is -1.97. The van der Waals surface area contributed by atoms with Gasteiger partial charge in [-0.15, -0.1) is 0 Å². The second-order valence-corrected chi connectivity index (χ2v) is 5.37. The molecule has 0 radical (unpaired) electrons. The van der Waals surface area contributed by atoms with E-state index >= 15 is 0 Å². The Bertz CT molecular complexity index is 605. The van der Waals surface area contributed by atoms with Crippen LogP contribution in [0.3, 0.4) is 0 Å². The molecule has 3 rings (SSSR count). The summed E-state index contributed by atoms with van der Waals surface area (Å²) in [5, 5.41) is 3.37. The van der Waals surface area contributed by atoms with Crippen LogP contribution in [0.5, 0.6) is 0 Å². The molecule has 0 spiro atoms. The topological polar surface area (TPSA) is 50.7 Å². The molecule has 2 aromatic heterocycles. The molecule has 1 aliphatic rings. The second-order valence-electron chi connectivity index (χ2n) is 5.37. The third-order valence-electron chi connectivity index (χ3n) is 3.52. The predicted octanol–water partition coefficient (Wildman–Crippen LogP) is 3.55. The highest BCUT2D eigenvalue weighted by Gasteiger charge is 2.26. The van der Waals surface area contributed by atoms with E-state index in [-0.39, 0.29) is 0 Å². The van der Waals surface area contributed by atoms with E-state index in [0.29, 0.717) is 5.92 Å². The smallest absolute Gasteiger partial charge is 0.180 e. The van der Waals surface area contributed by atoms with Gasteiger partial charge in [-0.2, -0.15) is 0 Å². The van der Waals surface area contributed by atoms with E-state index in [4.69, 9.17) is 4.98 Å². The van der Waals surface area contributed by atoms with Crippen molar-refractivity contribution in [3.05, 3.63) is 35.7 Å². The van der Waals surface area contributed by atoms with E-state index < -0.39 is 0 Å². The normalized spacial score (nSPS) is 14.3. The number of nitrogens with one attached hydrogen (secondary N) is 1. The number of pyridine rings is 1. The lowest BCUT2D eigenvalue weighted by atomic mass is 10.2. The van der Waals surface area contributed by atoms with Crippen molar-refractivity contribution >= 4 is 5.82 Å². The molecule has 1 aliphatic carbocycles. The average molecular weight is 268 g/mol. The van der Waals surface area contributed by atoms with Crippen LogP contribution in [0.4, 0.5) is 5.82 Å². The summed E-state index contributed by atoms with van der Waals surface area (Å²) in [5.74, 6) is 2.28. The van der Waals surface area contributed by atoms with Gasteiger partial charge in [0.05, 0.1) is 0 Å². The highest BCUT2D eigenvalue weighted by atomic mass is 15.0. The largest absolute Gasteiger partial charge is 0.370 e. The maximum atomic E-state index is 4.72. The minimum Gasteiger partial charge on any atom is -0.370 e. The minimum absolute atomic E-state index is 0.614. The van der Waals surface area contributed by atoms with Crippen molar-refractivity contribution in [2.45, 2.75) is 39.0 Å². The second kappa shape index (κ2) is 5.57. The van der Waals surface area contributed by atoms with Crippen molar-refractivity contribution in [3.8, 4) is 11.5 Å². The molecule has 0 aliphatic heterocycles. The maximum absolute atomic E-state index is 4.72. The van der Waals surface area contributed by atoms with Crippen molar-refractivity contribution in [2.24, 2.45) is 0 Å². The van der Waals surface area contributed by atoms with Gasteiger partial charge in [0.15, 0.2) is 5.82 Å². The highest BCUT2D eigenvalue weighted by Crippen LogP contribution is 2.40. The Morgan fingerprint density at radius 3 is 2.85 bits per heavy atom. The quantitative estimate of drug-likeness (QED) is 0.901. The predicted molar refractivity (Wildman–Crippen MR) is 80.8 cm³/mol. The lowest BCUT2D eigenvalue weighted by Gasteiger charge is -2.10. The summed E-state index contributed by atoms with van der Waals surface area (Å²) in [7, 11) is 0. The van der Waals surface area contributed by atoms with Crippen LogP contribution in [0.15, 0.2) is 24.4 Å². The average Bonchev–Trinajstić information content (AvgIpc) is 3.30. The molecule has 0 bridgehead atoms. The summed E-state index contributed by atoms with van der Waals surface area (Å²) in [4.78, 5) is 13.8. The lowest BCUT2D eigenvalue weighted by molar-refractivity contribution is 0.944. The summed E-state index contributed by atoms with van der Waals surface area (Å²) in [6.45, 7) is 5.14. The van der Waals surface area contributed by atoms with Crippen molar-refractivity contribution < 1.29 is 0 Å². The summed E-state index contributed by atoms with van der Waals surface area (Å²) < 4.78 is 0. The molecule has 0 atom stereocenters. The van der Waals surface area contributed by atoms with Gasteiger partial charge in [0.2, 0.25) is 0 Å². The minimum atomic E-state index is 0.614. The molecule has 0 unspecified atom stereocenters. The number of anilines is 1. The Labute approximate surface area is 119 Å². The zero-order valence-electron chi connectivity index (χ0n) is 12.1. The fourth-order valence-electron chi connectivity index (χ4n) is 2.22. The van der Waals surface area contributed by atoms with Crippen LogP contribution >= 0.6 is 0 Å². The van der Waals surface area contributed by atoms with E-state index in [0.717, 1.165) is 41.6 Å². The zero-order chi connectivity index (χ0) is 13.9. The highest BCUT2D eigenvalue weighted by molar-refractivity contribution is 5.57. The SMILES string of the molecule is CCCNc1cc(C2CC2)nc(-c2ncccc2C)n1. The monoisotopic (exact) mass is 268 g/mol. The van der Waals surface area contributed by atoms with E-state index in [1.54, 1.807) is 6.20 Å². The Morgan fingerprint density at radius 1 is 1.30 bits per heavy atom. The molecule has 20 heavy (non-hydrogen) atoms. The first-order valence-corrected chi connectivity index (χ1v) is 7.32. The Morgan fingerprint density at radius 2 is 2.15 bits per heavy atom. The van der Waals surface area contributed by atoms with Crippen LogP contribution in [-0.4, -0.2) is 21.5 Å². The molecule has 0 saturated heterocycles. The Balaban J connectivity index is 2.00. The van der Waals surface area contributed by atoms with E-state index in [1.807, 2.05) is 6.07 Å². The number of hydrogen-bond donors (Lipinski definition) is 1. The van der Waals surface area contributed by atoms with Crippen LogP contribution in [0.1, 0.15) is 43.4 Å². The first-order valence-electron chi connectivity index (χ1n) is 7.32. The zero-order valence-corrected chi connectivity index (χ0v) is 12.1. The fraction of sp³-hybridized carbons (Fsp3) is 0.438. The third-order valence-corrected chi connectivity index (χ3v) is 3.52. The Kier molecular flexibility index (Phi) is 3.63. The van der Waals surface area contributed by atoms with Gasteiger partial charge in [0.1, 0.15) is 11.5 Å². The standard InChI is InChI=1S/C16H20N4/c1-3-8-17-14-10-13(12-6-7-12)19-16(20-14)15-11(2)5-4-9-18-15/h4-5,9-10,12H,3,6-8H2,1-2H3,(H,17,19,20). The number of aryl methyl sites for hydroxylation is 1. The van der Waals surface area contributed by atoms with Gasteiger partial charge in [0, 0.05) is 30.4 Å². The molecular formula is C16H20N4. The first-order chi connectivity index (χ1) is 9.78. The fourth-order valence-corrected chi connectivity index (χ4v) is 2.22. The van der Waals surface area contributed by atoms with E-state index in [1.165, 1.54) is 12.8 Å². The molecular weight excluding hydrogens is 248 g/mol. The summed E-state index contributed by atoms with van der Waals surface area (Å²) >= 11 is 0. The summed E-state index contributed by atoms with van der Waals surface area (Å²) in [6.07, 6.45) is 5.37. The molecule has 1 N–H and O–H groups in total. The molecule has 4 heteroatoms. The number of hydrogen-bond acceptors (Lipinski definition) is 4. The van der Waals surface area contributed by atoms with Gasteiger partial charge in [-0.1, -0.05) is 13.0 Å². The molecule has 1 saturated carbocycles. The van der Waals surface area contributed by atoms with Crippen molar-refractivity contribution in [2.75, 3.05) is 11.9 Å². The molecule has 0 amide bonds. The maximum Gasteiger partial charge on any atom is 0.180 e. The van der Waals surface area contributed by atoms with Crippen LogP contribution in [0.2, 0.25) is 0 Å². The van der Waals surface area contributed by atoms with Crippen LogP contribution < -0.4 is 5.32 Å².